The molecule has 124 valence electrons. The first-order valence-corrected chi connectivity index (χ1v) is 7.64. The molecule has 0 saturated carbocycles. The van der Waals surface area contributed by atoms with Crippen molar-refractivity contribution in [3.05, 3.63) is 75.3 Å². The van der Waals surface area contributed by atoms with Crippen molar-refractivity contribution < 1.29 is 9.18 Å². The average molecular weight is 356 g/mol. The molecule has 0 radical (unpaired) electrons. The van der Waals surface area contributed by atoms with Gasteiger partial charge in [-0.1, -0.05) is 23.7 Å². The molecule has 1 heterocycles. The van der Waals surface area contributed by atoms with E-state index in [0.717, 1.165) is 6.07 Å². The molecule has 0 aliphatic rings. The minimum Gasteiger partial charge on any atom is -0.336 e. The fraction of sp³-hybridized carbons (Fsp3) is 0.0556. The lowest BCUT2D eigenvalue weighted by molar-refractivity contribution is -0.116. The number of pyridine rings is 1. The van der Waals surface area contributed by atoms with Crippen molar-refractivity contribution in [3.63, 3.8) is 0 Å². The quantitative estimate of drug-likeness (QED) is 0.783. The van der Waals surface area contributed by atoms with Crippen molar-refractivity contribution >= 4 is 34.1 Å². The molecule has 3 rings (SSSR count). The van der Waals surface area contributed by atoms with Crippen LogP contribution in [0.3, 0.4) is 0 Å². The van der Waals surface area contributed by atoms with Gasteiger partial charge in [-0.15, -0.1) is 0 Å². The third kappa shape index (κ3) is 3.37. The summed E-state index contributed by atoms with van der Waals surface area (Å²) in [5.74, 6) is -0.981. The van der Waals surface area contributed by atoms with E-state index in [4.69, 9.17) is 16.9 Å². The molecular weight excluding hydrogens is 345 g/mol. The standard InChI is InChI=1S/C18H11ClFN3O2/c19-14-7-12(5-6-15(14)20)22-17(24)10-23-9-11(8-21)18(25)13-3-1-2-4-16(13)23/h1-7,9H,10H2,(H,22,24). The number of nitrogens with one attached hydrogen (secondary N) is 1. The van der Waals surface area contributed by atoms with Crippen LogP contribution >= 0.6 is 11.6 Å². The monoisotopic (exact) mass is 355 g/mol. The third-order valence-corrected chi connectivity index (χ3v) is 3.92. The zero-order valence-electron chi connectivity index (χ0n) is 12.8. The number of amides is 1. The van der Waals surface area contributed by atoms with Gasteiger partial charge in [0.25, 0.3) is 0 Å². The van der Waals surface area contributed by atoms with Crippen LogP contribution in [0.4, 0.5) is 10.1 Å². The molecule has 0 unspecified atom stereocenters. The van der Waals surface area contributed by atoms with Crippen molar-refractivity contribution in [3.8, 4) is 6.07 Å². The summed E-state index contributed by atoms with van der Waals surface area (Å²) >= 11 is 5.69. The summed E-state index contributed by atoms with van der Waals surface area (Å²) in [6.45, 7) is -0.121. The predicted octanol–water partition coefficient (Wildman–Crippen LogP) is 3.30. The van der Waals surface area contributed by atoms with Crippen LogP contribution in [-0.2, 0) is 11.3 Å². The Morgan fingerprint density at radius 2 is 2.04 bits per heavy atom. The number of aromatic nitrogens is 1. The molecule has 0 atom stereocenters. The molecule has 1 aromatic heterocycles. The van der Waals surface area contributed by atoms with Gasteiger partial charge in [0, 0.05) is 17.3 Å². The van der Waals surface area contributed by atoms with Gasteiger partial charge in [-0.3, -0.25) is 9.59 Å². The highest BCUT2D eigenvalue weighted by molar-refractivity contribution is 6.31. The smallest absolute Gasteiger partial charge is 0.244 e. The van der Waals surface area contributed by atoms with Gasteiger partial charge in [0.2, 0.25) is 11.3 Å². The maximum Gasteiger partial charge on any atom is 0.244 e. The van der Waals surface area contributed by atoms with E-state index >= 15 is 0 Å². The highest BCUT2D eigenvalue weighted by Crippen LogP contribution is 2.19. The zero-order valence-corrected chi connectivity index (χ0v) is 13.5. The van der Waals surface area contributed by atoms with Crippen LogP contribution in [-0.4, -0.2) is 10.5 Å². The fourth-order valence-corrected chi connectivity index (χ4v) is 2.67. The van der Waals surface area contributed by atoms with Crippen molar-refractivity contribution in [1.29, 1.82) is 5.26 Å². The first-order valence-electron chi connectivity index (χ1n) is 7.27. The Balaban J connectivity index is 1.93. The molecule has 0 aliphatic heterocycles. The number of halogens is 2. The molecule has 0 aliphatic carbocycles. The molecule has 3 aromatic rings. The van der Waals surface area contributed by atoms with Crippen LogP contribution in [0.2, 0.25) is 5.02 Å². The third-order valence-electron chi connectivity index (χ3n) is 3.63. The van der Waals surface area contributed by atoms with Gasteiger partial charge >= 0.3 is 0 Å². The van der Waals surface area contributed by atoms with Crippen molar-refractivity contribution in [1.82, 2.24) is 4.57 Å². The number of nitriles is 1. The lowest BCUT2D eigenvalue weighted by atomic mass is 10.1. The molecule has 7 heteroatoms. The Kier molecular flexibility index (Phi) is 4.50. The Bertz CT molecular complexity index is 1090. The second kappa shape index (κ2) is 6.75. The lowest BCUT2D eigenvalue weighted by Crippen LogP contribution is -2.21. The molecule has 0 fully saturated rings. The maximum absolute atomic E-state index is 13.2. The van der Waals surface area contributed by atoms with Gasteiger partial charge in [0.15, 0.2) is 0 Å². The Labute approximate surface area is 146 Å². The Morgan fingerprint density at radius 3 is 2.76 bits per heavy atom. The number of nitrogens with zero attached hydrogens (tertiary/aromatic N) is 2. The van der Waals surface area contributed by atoms with E-state index in [2.05, 4.69) is 5.32 Å². The van der Waals surface area contributed by atoms with E-state index in [-0.39, 0.29) is 22.6 Å². The lowest BCUT2D eigenvalue weighted by Gasteiger charge is -2.12. The zero-order chi connectivity index (χ0) is 18.0. The molecule has 0 spiro atoms. The minimum atomic E-state index is -0.579. The molecular formula is C18H11ClFN3O2. The van der Waals surface area contributed by atoms with E-state index in [9.17, 15) is 14.0 Å². The molecule has 25 heavy (non-hydrogen) atoms. The van der Waals surface area contributed by atoms with Crippen LogP contribution in [0.5, 0.6) is 0 Å². The number of carbonyl (C=O) groups is 1. The summed E-state index contributed by atoms with van der Waals surface area (Å²) in [4.78, 5) is 24.4. The maximum atomic E-state index is 13.2. The van der Waals surface area contributed by atoms with Gasteiger partial charge in [-0.25, -0.2) is 4.39 Å². The number of hydrogen-bond donors (Lipinski definition) is 1. The summed E-state index contributed by atoms with van der Waals surface area (Å²) in [6, 6.07) is 12.4. The number of fused-ring (bicyclic) bond motifs is 1. The van der Waals surface area contributed by atoms with Crippen LogP contribution < -0.4 is 10.7 Å². The summed E-state index contributed by atoms with van der Waals surface area (Å²) < 4.78 is 14.7. The molecule has 0 bridgehead atoms. The number of rotatable bonds is 3. The van der Waals surface area contributed by atoms with Crippen molar-refractivity contribution in [2.45, 2.75) is 6.54 Å². The first-order chi connectivity index (χ1) is 12.0. The van der Waals surface area contributed by atoms with E-state index < -0.39 is 11.7 Å². The number of anilines is 1. The second-order valence-electron chi connectivity index (χ2n) is 5.31. The predicted molar refractivity (Wildman–Crippen MR) is 93.0 cm³/mol. The molecule has 5 nitrogen and oxygen atoms in total. The van der Waals surface area contributed by atoms with Gasteiger partial charge in [-0.2, -0.15) is 5.26 Å². The molecule has 1 amide bonds. The highest BCUT2D eigenvalue weighted by Gasteiger charge is 2.11. The fourth-order valence-electron chi connectivity index (χ4n) is 2.48. The number of para-hydroxylation sites is 1. The summed E-state index contributed by atoms with van der Waals surface area (Å²) in [7, 11) is 0. The van der Waals surface area contributed by atoms with Gasteiger partial charge < -0.3 is 9.88 Å². The van der Waals surface area contributed by atoms with E-state index in [1.54, 1.807) is 24.3 Å². The number of carbonyl (C=O) groups excluding carboxylic acids is 1. The van der Waals surface area contributed by atoms with Gasteiger partial charge in [0.05, 0.1) is 10.5 Å². The van der Waals surface area contributed by atoms with E-state index in [1.165, 1.54) is 22.9 Å². The molecule has 2 aromatic carbocycles. The number of benzene rings is 2. The minimum absolute atomic E-state index is 0.0451. The molecule has 1 N–H and O–H groups in total. The van der Waals surface area contributed by atoms with Crippen LogP contribution in [0.15, 0.2) is 53.5 Å². The largest absolute Gasteiger partial charge is 0.336 e. The Hall–Kier alpha value is -3.17. The van der Waals surface area contributed by atoms with Crippen LogP contribution in [0.1, 0.15) is 5.56 Å². The van der Waals surface area contributed by atoms with Gasteiger partial charge in [0.1, 0.15) is 24.0 Å². The van der Waals surface area contributed by atoms with Crippen LogP contribution in [0, 0.1) is 17.1 Å². The summed E-state index contributed by atoms with van der Waals surface area (Å²) in [5.41, 5.74) is 0.470. The number of hydrogen-bond acceptors (Lipinski definition) is 3. The normalized spacial score (nSPS) is 10.4. The van der Waals surface area contributed by atoms with Gasteiger partial charge in [-0.05, 0) is 30.3 Å². The van der Waals surface area contributed by atoms with Crippen molar-refractivity contribution in [2.24, 2.45) is 0 Å². The topological polar surface area (TPSA) is 74.9 Å². The second-order valence-corrected chi connectivity index (χ2v) is 5.71. The summed E-state index contributed by atoms with van der Waals surface area (Å²) in [6.07, 6.45) is 1.35. The molecule has 0 saturated heterocycles. The van der Waals surface area contributed by atoms with E-state index in [0.29, 0.717) is 16.6 Å². The SMILES string of the molecule is N#Cc1cn(CC(=O)Nc2ccc(F)c(Cl)c2)c2ccccc2c1=O. The van der Waals surface area contributed by atoms with Crippen molar-refractivity contribution in [2.75, 3.05) is 5.32 Å². The first kappa shape index (κ1) is 16.7. The van der Waals surface area contributed by atoms with E-state index in [1.807, 2.05) is 6.07 Å². The average Bonchev–Trinajstić information content (AvgIpc) is 2.60. The Morgan fingerprint density at radius 1 is 1.28 bits per heavy atom. The summed E-state index contributed by atoms with van der Waals surface area (Å²) in [5, 5.41) is 12.0. The highest BCUT2D eigenvalue weighted by atomic mass is 35.5. The van der Waals surface area contributed by atoms with Crippen LogP contribution in [0.25, 0.3) is 10.9 Å².